The molecular weight excluding hydrogens is 240 g/mol. The molecule has 0 N–H and O–H groups in total. The van der Waals surface area contributed by atoms with E-state index >= 15 is 0 Å². The van der Waals surface area contributed by atoms with Crippen LogP contribution in [0, 0.1) is 29.1 Å². The molecule has 0 amide bonds. The summed E-state index contributed by atoms with van der Waals surface area (Å²) in [6.45, 7) is 7.82. The fourth-order valence-corrected chi connectivity index (χ4v) is 5.42. The number of rotatable bonds is 0. The highest BCUT2D eigenvalue weighted by molar-refractivity contribution is 5.91. The zero-order chi connectivity index (χ0) is 13.4. The Morgan fingerprint density at radius 2 is 1.95 bits per heavy atom. The van der Waals surface area contributed by atoms with E-state index in [1.807, 2.05) is 0 Å². The molecule has 19 heavy (non-hydrogen) atoms. The fourth-order valence-electron chi connectivity index (χ4n) is 5.42. The molecule has 1 saturated heterocycles. The quantitative estimate of drug-likeness (QED) is 0.629. The number of ether oxygens (including phenoxy) is 2. The Labute approximate surface area is 114 Å². The lowest BCUT2D eigenvalue weighted by Crippen LogP contribution is -2.58. The first-order valence-corrected chi connectivity index (χ1v) is 7.48. The summed E-state index contributed by atoms with van der Waals surface area (Å²) in [5, 5.41) is 0. The van der Waals surface area contributed by atoms with Crippen molar-refractivity contribution in [2.24, 2.45) is 29.1 Å². The lowest BCUT2D eigenvalue weighted by atomic mass is 9.49. The SMILES string of the molecule is CC1=C[C@@H]2C(=O)C(C)(C)[C@H]1[C@H]1[C@@H]2CCC12OCCO2. The highest BCUT2D eigenvalue weighted by Crippen LogP contribution is 2.64. The van der Waals surface area contributed by atoms with Crippen molar-refractivity contribution in [2.45, 2.75) is 39.4 Å². The molecule has 3 fully saturated rings. The Morgan fingerprint density at radius 3 is 2.63 bits per heavy atom. The van der Waals surface area contributed by atoms with Crippen molar-refractivity contribution in [3.8, 4) is 0 Å². The largest absolute Gasteiger partial charge is 0.347 e. The van der Waals surface area contributed by atoms with E-state index in [-0.39, 0.29) is 23.0 Å². The Kier molecular flexibility index (Phi) is 2.23. The van der Waals surface area contributed by atoms with Gasteiger partial charge in [-0.05, 0) is 25.2 Å². The van der Waals surface area contributed by atoms with Gasteiger partial charge in [-0.3, -0.25) is 4.79 Å². The van der Waals surface area contributed by atoms with Gasteiger partial charge in [0.2, 0.25) is 0 Å². The van der Waals surface area contributed by atoms with Crippen LogP contribution in [-0.4, -0.2) is 24.8 Å². The first-order chi connectivity index (χ1) is 8.97. The Morgan fingerprint density at radius 1 is 1.26 bits per heavy atom. The third-order valence-corrected chi connectivity index (χ3v) is 6.04. The van der Waals surface area contributed by atoms with Crippen LogP contribution in [0.4, 0.5) is 0 Å². The van der Waals surface area contributed by atoms with Gasteiger partial charge in [0, 0.05) is 23.7 Å². The molecule has 2 saturated carbocycles. The number of Topliss-reactive ketones (excluding diaryl/α,β-unsaturated/α-hetero) is 1. The van der Waals surface area contributed by atoms with Crippen LogP contribution in [0.5, 0.6) is 0 Å². The van der Waals surface area contributed by atoms with Gasteiger partial charge in [0.1, 0.15) is 5.78 Å². The van der Waals surface area contributed by atoms with Crippen LogP contribution in [0.15, 0.2) is 11.6 Å². The molecule has 104 valence electrons. The predicted octanol–water partition coefficient (Wildman–Crippen LogP) is 2.56. The molecule has 4 atom stereocenters. The van der Waals surface area contributed by atoms with Crippen LogP contribution in [0.3, 0.4) is 0 Å². The second-order valence-corrected chi connectivity index (χ2v) is 7.24. The number of hydrogen-bond donors (Lipinski definition) is 0. The zero-order valence-corrected chi connectivity index (χ0v) is 11.9. The fraction of sp³-hybridized carbons (Fsp3) is 0.812. The average Bonchev–Trinajstić information content (AvgIpc) is 2.96. The van der Waals surface area contributed by atoms with Crippen LogP contribution in [-0.2, 0) is 14.3 Å². The maximum Gasteiger partial charge on any atom is 0.172 e. The maximum absolute atomic E-state index is 12.7. The van der Waals surface area contributed by atoms with Gasteiger partial charge in [-0.25, -0.2) is 0 Å². The minimum Gasteiger partial charge on any atom is -0.347 e. The number of carbonyl (C=O) groups excluding carboxylic acids is 1. The maximum atomic E-state index is 12.7. The van der Waals surface area contributed by atoms with Crippen LogP contribution in [0.1, 0.15) is 33.6 Å². The van der Waals surface area contributed by atoms with Crippen molar-refractivity contribution in [3.63, 3.8) is 0 Å². The standard InChI is InChI=1S/C16H22O3/c1-9-8-11-10-4-5-16(18-6-7-19-16)13(10)12(9)15(2,3)14(11)17/h8,10-13H,4-7H2,1-3H3/t10-,11+,12-,13-/m1/s1. The zero-order valence-electron chi connectivity index (χ0n) is 11.9. The number of fused-ring (bicyclic) bond motifs is 1. The van der Waals surface area contributed by atoms with E-state index in [1.165, 1.54) is 5.57 Å². The highest BCUT2D eigenvalue weighted by Gasteiger charge is 2.67. The topological polar surface area (TPSA) is 35.5 Å². The van der Waals surface area contributed by atoms with E-state index in [0.717, 1.165) is 12.8 Å². The van der Waals surface area contributed by atoms with E-state index in [9.17, 15) is 4.79 Å². The molecule has 0 aromatic rings. The van der Waals surface area contributed by atoms with Gasteiger partial charge in [-0.2, -0.15) is 0 Å². The summed E-state index contributed by atoms with van der Waals surface area (Å²) in [4.78, 5) is 12.7. The molecule has 0 aromatic carbocycles. The minimum atomic E-state index is -0.388. The van der Waals surface area contributed by atoms with E-state index in [4.69, 9.17) is 9.47 Å². The molecule has 1 heterocycles. The van der Waals surface area contributed by atoms with Crippen molar-refractivity contribution >= 4 is 5.78 Å². The third-order valence-electron chi connectivity index (χ3n) is 6.04. The first kappa shape index (κ1) is 12.1. The Balaban J connectivity index is 1.85. The third kappa shape index (κ3) is 1.28. The van der Waals surface area contributed by atoms with E-state index in [0.29, 0.717) is 30.8 Å². The van der Waals surface area contributed by atoms with Crippen LogP contribution in [0.25, 0.3) is 0 Å². The Bertz CT molecular complexity index is 470. The molecule has 0 unspecified atom stereocenters. The lowest BCUT2D eigenvalue weighted by Gasteiger charge is -2.54. The molecule has 3 nitrogen and oxygen atoms in total. The van der Waals surface area contributed by atoms with Crippen molar-refractivity contribution < 1.29 is 14.3 Å². The molecular formula is C16H22O3. The van der Waals surface area contributed by atoms with Gasteiger partial charge >= 0.3 is 0 Å². The number of carbonyl (C=O) groups is 1. The van der Waals surface area contributed by atoms with Gasteiger partial charge in [0.15, 0.2) is 5.79 Å². The lowest BCUT2D eigenvalue weighted by molar-refractivity contribution is -0.214. The molecule has 0 aromatic heterocycles. The first-order valence-electron chi connectivity index (χ1n) is 7.48. The van der Waals surface area contributed by atoms with Crippen molar-refractivity contribution in [2.75, 3.05) is 13.2 Å². The molecule has 5 aliphatic rings. The van der Waals surface area contributed by atoms with E-state index in [2.05, 4.69) is 26.8 Å². The number of allylic oxidation sites excluding steroid dienone is 2. The molecule has 1 aliphatic heterocycles. The van der Waals surface area contributed by atoms with Crippen molar-refractivity contribution in [1.82, 2.24) is 0 Å². The summed E-state index contributed by atoms with van der Waals surface area (Å²) >= 11 is 0. The van der Waals surface area contributed by atoms with Gasteiger partial charge in [-0.1, -0.05) is 25.5 Å². The second kappa shape index (κ2) is 3.50. The summed E-state index contributed by atoms with van der Waals surface area (Å²) in [5.74, 6) is 1.23. The summed E-state index contributed by atoms with van der Waals surface area (Å²) in [6.07, 6.45) is 4.25. The second-order valence-electron chi connectivity index (χ2n) is 7.24. The van der Waals surface area contributed by atoms with Crippen molar-refractivity contribution in [3.05, 3.63) is 11.6 Å². The summed E-state index contributed by atoms with van der Waals surface area (Å²) < 4.78 is 12.1. The molecule has 5 rings (SSSR count). The summed E-state index contributed by atoms with van der Waals surface area (Å²) in [6, 6.07) is 0. The van der Waals surface area contributed by atoms with Crippen LogP contribution >= 0.6 is 0 Å². The van der Waals surface area contributed by atoms with Crippen LogP contribution in [0.2, 0.25) is 0 Å². The molecule has 2 bridgehead atoms. The van der Waals surface area contributed by atoms with Gasteiger partial charge in [-0.15, -0.1) is 0 Å². The Hall–Kier alpha value is -0.670. The monoisotopic (exact) mass is 262 g/mol. The molecule has 4 aliphatic carbocycles. The van der Waals surface area contributed by atoms with Crippen LogP contribution < -0.4 is 0 Å². The normalized spacial score (nSPS) is 45.6. The van der Waals surface area contributed by atoms with Gasteiger partial charge < -0.3 is 9.47 Å². The number of hydrogen-bond acceptors (Lipinski definition) is 3. The smallest absolute Gasteiger partial charge is 0.172 e. The van der Waals surface area contributed by atoms with E-state index < -0.39 is 0 Å². The molecule has 1 spiro atoms. The predicted molar refractivity (Wildman–Crippen MR) is 70.4 cm³/mol. The highest BCUT2D eigenvalue weighted by atomic mass is 16.7. The van der Waals surface area contributed by atoms with Gasteiger partial charge in [0.05, 0.1) is 13.2 Å². The van der Waals surface area contributed by atoms with Crippen molar-refractivity contribution in [1.29, 1.82) is 0 Å². The summed E-state index contributed by atoms with van der Waals surface area (Å²) in [5.41, 5.74) is 1.10. The minimum absolute atomic E-state index is 0.0946. The van der Waals surface area contributed by atoms with Gasteiger partial charge in [0.25, 0.3) is 0 Å². The average molecular weight is 262 g/mol. The summed E-state index contributed by atoms with van der Waals surface area (Å²) in [7, 11) is 0. The number of ketones is 1. The molecule has 0 radical (unpaired) electrons. The van der Waals surface area contributed by atoms with E-state index in [1.54, 1.807) is 0 Å². The molecule has 3 heteroatoms.